The minimum Gasteiger partial charge on any atom is -0.290 e. The number of aromatic nitrogens is 3. The van der Waals surface area contributed by atoms with E-state index in [0.29, 0.717) is 15.9 Å². The molecule has 0 aromatic carbocycles. The van der Waals surface area contributed by atoms with Crippen LogP contribution in [0.1, 0.15) is 16.1 Å². The van der Waals surface area contributed by atoms with Crippen LogP contribution in [0.4, 0.5) is 5.95 Å². The van der Waals surface area contributed by atoms with Crippen LogP contribution in [0.2, 0.25) is 5.15 Å². The topological polar surface area (TPSA) is 67.8 Å². The summed E-state index contributed by atoms with van der Waals surface area (Å²) in [5.41, 5.74) is 1.08. The lowest BCUT2D eigenvalue weighted by atomic mass is 10.3. The summed E-state index contributed by atoms with van der Waals surface area (Å²) < 4.78 is 0.459. The average Bonchev–Trinajstić information content (AvgIpc) is 2.27. The first-order valence-corrected chi connectivity index (χ1v) is 6.16. The van der Waals surface area contributed by atoms with Crippen LogP contribution in [-0.4, -0.2) is 20.9 Å². The zero-order chi connectivity index (χ0) is 13.1. The second-order valence-corrected chi connectivity index (χ2v) is 4.59. The van der Waals surface area contributed by atoms with Crippen molar-refractivity contribution < 1.29 is 4.79 Å². The third kappa shape index (κ3) is 3.02. The Morgan fingerprint density at radius 3 is 2.89 bits per heavy atom. The summed E-state index contributed by atoms with van der Waals surface area (Å²) in [6.45, 7) is 1.77. The van der Waals surface area contributed by atoms with E-state index in [0.717, 1.165) is 0 Å². The first kappa shape index (κ1) is 12.9. The first-order chi connectivity index (χ1) is 8.56. The van der Waals surface area contributed by atoms with Crippen molar-refractivity contribution in [2.24, 2.45) is 0 Å². The molecule has 0 aliphatic carbocycles. The Balaban J connectivity index is 2.24. The molecule has 0 bridgehead atoms. The smallest absolute Gasteiger partial charge is 0.260 e. The van der Waals surface area contributed by atoms with E-state index < -0.39 is 0 Å². The molecule has 7 heteroatoms. The van der Waals surface area contributed by atoms with E-state index in [2.05, 4.69) is 36.2 Å². The number of hydrogen-bond donors (Lipinski definition) is 1. The largest absolute Gasteiger partial charge is 0.290 e. The fourth-order valence-corrected chi connectivity index (χ4v) is 1.98. The zero-order valence-electron chi connectivity index (χ0n) is 9.32. The Morgan fingerprint density at radius 2 is 2.22 bits per heavy atom. The van der Waals surface area contributed by atoms with Gasteiger partial charge in [0.1, 0.15) is 9.76 Å². The number of hydrogen-bond acceptors (Lipinski definition) is 4. The lowest BCUT2D eigenvalue weighted by Gasteiger charge is -2.05. The van der Waals surface area contributed by atoms with Gasteiger partial charge in [0.25, 0.3) is 5.91 Å². The van der Waals surface area contributed by atoms with E-state index in [1.165, 1.54) is 0 Å². The van der Waals surface area contributed by atoms with Crippen LogP contribution in [-0.2, 0) is 0 Å². The Morgan fingerprint density at radius 1 is 1.44 bits per heavy atom. The number of anilines is 1. The van der Waals surface area contributed by atoms with E-state index in [1.54, 1.807) is 31.3 Å². The molecule has 18 heavy (non-hydrogen) atoms. The van der Waals surface area contributed by atoms with Crippen molar-refractivity contribution in [3.63, 3.8) is 0 Å². The molecule has 0 saturated heterocycles. The van der Waals surface area contributed by atoms with Gasteiger partial charge in [-0.25, -0.2) is 15.0 Å². The highest BCUT2D eigenvalue weighted by molar-refractivity contribution is 9.10. The maximum absolute atomic E-state index is 12.0. The highest BCUT2D eigenvalue weighted by Gasteiger charge is 2.12. The minimum absolute atomic E-state index is 0.167. The molecule has 0 atom stereocenters. The monoisotopic (exact) mass is 326 g/mol. The van der Waals surface area contributed by atoms with Gasteiger partial charge >= 0.3 is 0 Å². The Labute approximate surface area is 117 Å². The SMILES string of the molecule is Cc1cc(Cl)nc(NC(=O)c2cccnc2Br)n1. The third-order valence-electron chi connectivity index (χ3n) is 2.05. The van der Waals surface area contributed by atoms with Gasteiger partial charge in [-0.1, -0.05) is 11.6 Å². The normalized spacial score (nSPS) is 10.2. The molecule has 0 radical (unpaired) electrons. The molecule has 0 aliphatic heterocycles. The number of amides is 1. The molecule has 2 aromatic rings. The molecule has 0 aliphatic rings. The number of carbonyl (C=O) groups excluding carboxylic acids is 1. The molecule has 0 spiro atoms. The summed E-state index contributed by atoms with van der Waals surface area (Å²) in [6.07, 6.45) is 1.58. The highest BCUT2D eigenvalue weighted by Crippen LogP contribution is 2.15. The van der Waals surface area contributed by atoms with Gasteiger partial charge in [-0.15, -0.1) is 0 Å². The van der Waals surface area contributed by atoms with Crippen molar-refractivity contribution in [3.05, 3.63) is 45.4 Å². The van der Waals surface area contributed by atoms with Crippen LogP contribution in [0.3, 0.4) is 0 Å². The number of pyridine rings is 1. The fraction of sp³-hybridized carbons (Fsp3) is 0.0909. The maximum atomic E-state index is 12.0. The third-order valence-corrected chi connectivity index (χ3v) is 2.88. The summed E-state index contributed by atoms with van der Waals surface area (Å²) in [7, 11) is 0. The molecule has 2 rings (SSSR count). The summed E-state index contributed by atoms with van der Waals surface area (Å²) in [6, 6.07) is 4.92. The van der Waals surface area contributed by atoms with E-state index in [4.69, 9.17) is 11.6 Å². The van der Waals surface area contributed by atoms with Crippen LogP contribution in [0.25, 0.3) is 0 Å². The molecule has 2 heterocycles. The average molecular weight is 328 g/mol. The van der Waals surface area contributed by atoms with Crippen LogP contribution in [0.5, 0.6) is 0 Å². The van der Waals surface area contributed by atoms with Crippen LogP contribution >= 0.6 is 27.5 Å². The molecular weight excluding hydrogens is 320 g/mol. The summed E-state index contributed by atoms with van der Waals surface area (Å²) in [5, 5.41) is 2.85. The van der Waals surface area contributed by atoms with Gasteiger partial charge < -0.3 is 0 Å². The lowest BCUT2D eigenvalue weighted by molar-refractivity contribution is 0.102. The van der Waals surface area contributed by atoms with Crippen molar-refractivity contribution in [1.29, 1.82) is 0 Å². The number of aryl methyl sites for hydroxylation is 1. The molecule has 1 amide bonds. The predicted octanol–water partition coefficient (Wildman–Crippen LogP) is 2.85. The van der Waals surface area contributed by atoms with E-state index >= 15 is 0 Å². The number of halogens is 2. The molecule has 1 N–H and O–H groups in total. The number of carbonyl (C=O) groups is 1. The number of nitrogens with zero attached hydrogens (tertiary/aromatic N) is 3. The quantitative estimate of drug-likeness (QED) is 0.680. The van der Waals surface area contributed by atoms with Crippen molar-refractivity contribution in [2.45, 2.75) is 6.92 Å². The summed E-state index contributed by atoms with van der Waals surface area (Å²) >= 11 is 8.99. The van der Waals surface area contributed by atoms with Crippen LogP contribution in [0.15, 0.2) is 29.0 Å². The van der Waals surface area contributed by atoms with Crippen molar-refractivity contribution in [3.8, 4) is 0 Å². The molecule has 2 aromatic heterocycles. The number of nitrogens with one attached hydrogen (secondary N) is 1. The molecule has 5 nitrogen and oxygen atoms in total. The zero-order valence-corrected chi connectivity index (χ0v) is 11.7. The summed E-state index contributed by atoms with van der Waals surface area (Å²) in [4.78, 5) is 23.9. The van der Waals surface area contributed by atoms with Crippen molar-refractivity contribution >= 4 is 39.4 Å². The van der Waals surface area contributed by atoms with Crippen molar-refractivity contribution in [1.82, 2.24) is 15.0 Å². The lowest BCUT2D eigenvalue weighted by Crippen LogP contribution is -2.15. The fourth-order valence-electron chi connectivity index (χ4n) is 1.31. The van der Waals surface area contributed by atoms with Gasteiger partial charge in [0.05, 0.1) is 5.56 Å². The molecular formula is C11H8BrClN4O. The first-order valence-electron chi connectivity index (χ1n) is 4.99. The molecule has 92 valence electrons. The second-order valence-electron chi connectivity index (χ2n) is 3.45. The molecule has 0 saturated carbocycles. The van der Waals surface area contributed by atoms with Crippen molar-refractivity contribution in [2.75, 3.05) is 5.32 Å². The maximum Gasteiger partial charge on any atom is 0.260 e. The molecule has 0 unspecified atom stereocenters. The Hall–Kier alpha value is -1.53. The predicted molar refractivity (Wildman–Crippen MR) is 71.7 cm³/mol. The standard InChI is InChI=1S/C11H8BrClN4O/c1-6-5-8(13)16-11(15-6)17-10(18)7-3-2-4-14-9(7)12/h2-5H,1H3,(H,15,16,17,18). The minimum atomic E-state index is -0.350. The Bertz CT molecular complexity index is 585. The van der Waals surface area contributed by atoms with Crippen LogP contribution < -0.4 is 5.32 Å². The summed E-state index contributed by atoms with van der Waals surface area (Å²) in [5.74, 6) is -0.183. The van der Waals surface area contributed by atoms with Gasteiger partial charge in [0.15, 0.2) is 0 Å². The van der Waals surface area contributed by atoms with Gasteiger partial charge in [0.2, 0.25) is 5.95 Å². The van der Waals surface area contributed by atoms with Gasteiger partial charge in [0, 0.05) is 11.9 Å². The van der Waals surface area contributed by atoms with Gasteiger partial charge in [-0.05, 0) is 41.1 Å². The van der Waals surface area contributed by atoms with Gasteiger partial charge in [-0.3, -0.25) is 10.1 Å². The Kier molecular flexibility index (Phi) is 3.88. The van der Waals surface area contributed by atoms with E-state index in [1.807, 2.05) is 0 Å². The highest BCUT2D eigenvalue weighted by atomic mass is 79.9. The van der Waals surface area contributed by atoms with Crippen LogP contribution in [0, 0.1) is 6.92 Å². The molecule has 0 fully saturated rings. The number of rotatable bonds is 2. The van der Waals surface area contributed by atoms with E-state index in [-0.39, 0.29) is 17.0 Å². The second kappa shape index (κ2) is 5.41. The van der Waals surface area contributed by atoms with E-state index in [9.17, 15) is 4.79 Å². The van der Waals surface area contributed by atoms with Gasteiger partial charge in [-0.2, -0.15) is 0 Å².